The van der Waals surface area contributed by atoms with Crippen molar-refractivity contribution in [1.29, 1.82) is 0 Å². The predicted octanol–water partition coefficient (Wildman–Crippen LogP) is 2.30. The van der Waals surface area contributed by atoms with Crippen molar-refractivity contribution in [2.75, 3.05) is 12.9 Å². The molecule has 1 aliphatic rings. The second-order valence-corrected chi connectivity index (χ2v) is 8.56. The molecule has 0 saturated carbocycles. The first kappa shape index (κ1) is 20.7. The maximum Gasteiger partial charge on any atom is 0.338 e. The normalized spacial score (nSPS) is 16.8. The van der Waals surface area contributed by atoms with Crippen LogP contribution in [0.2, 0.25) is 5.02 Å². The predicted molar refractivity (Wildman–Crippen MR) is 105 cm³/mol. The zero-order valence-corrected chi connectivity index (χ0v) is 16.8. The maximum absolute atomic E-state index is 12.9. The number of carbonyl (C=O) groups excluding carboxylic acids is 2. The number of urea groups is 1. The molecule has 8 nitrogen and oxygen atoms in total. The van der Waals surface area contributed by atoms with Crippen LogP contribution in [0.25, 0.3) is 0 Å². The van der Waals surface area contributed by atoms with E-state index in [0.717, 1.165) is 7.11 Å². The fourth-order valence-corrected chi connectivity index (χ4v) is 4.87. The summed E-state index contributed by atoms with van der Waals surface area (Å²) in [6.45, 7) is 0. The molecule has 0 radical (unpaired) electrons. The SMILES string of the molecule is COC(=O)C1=C(CS(=O)(=O)c2ccccc2Cl)NC(=O)N[C@@H]1c1ccc(O)cc1. The number of ether oxygens (including phenoxy) is 1. The number of phenols is 1. The van der Waals surface area contributed by atoms with E-state index in [1.807, 2.05) is 0 Å². The third-order valence-electron chi connectivity index (χ3n) is 4.29. The first-order valence-electron chi connectivity index (χ1n) is 8.38. The zero-order chi connectivity index (χ0) is 21.2. The van der Waals surface area contributed by atoms with E-state index in [1.54, 1.807) is 6.07 Å². The van der Waals surface area contributed by atoms with Gasteiger partial charge < -0.3 is 20.5 Å². The molecule has 29 heavy (non-hydrogen) atoms. The van der Waals surface area contributed by atoms with Gasteiger partial charge in [0.15, 0.2) is 9.84 Å². The number of halogens is 1. The van der Waals surface area contributed by atoms with Gasteiger partial charge >= 0.3 is 12.0 Å². The van der Waals surface area contributed by atoms with E-state index < -0.39 is 33.6 Å². The summed E-state index contributed by atoms with van der Waals surface area (Å²) in [5.41, 5.74) is 0.290. The molecule has 0 saturated heterocycles. The summed E-state index contributed by atoms with van der Waals surface area (Å²) >= 11 is 6.01. The highest BCUT2D eigenvalue weighted by atomic mass is 35.5. The molecule has 1 heterocycles. The molecule has 2 aromatic rings. The average Bonchev–Trinajstić information content (AvgIpc) is 2.67. The monoisotopic (exact) mass is 436 g/mol. The number of benzene rings is 2. The highest BCUT2D eigenvalue weighted by Gasteiger charge is 2.35. The van der Waals surface area contributed by atoms with Crippen LogP contribution in [0.5, 0.6) is 5.75 Å². The quantitative estimate of drug-likeness (QED) is 0.618. The molecule has 2 aromatic carbocycles. The molecule has 2 amide bonds. The molecular formula is C19H17ClN2O6S. The number of amides is 2. The van der Waals surface area contributed by atoms with Crippen molar-refractivity contribution in [2.24, 2.45) is 0 Å². The lowest BCUT2D eigenvalue weighted by Crippen LogP contribution is -2.47. The van der Waals surface area contributed by atoms with Crippen LogP contribution in [0.1, 0.15) is 11.6 Å². The Morgan fingerprint density at radius 3 is 2.45 bits per heavy atom. The molecule has 1 atom stereocenters. The molecule has 1 aliphatic heterocycles. The number of rotatable bonds is 5. The van der Waals surface area contributed by atoms with Crippen molar-refractivity contribution >= 4 is 33.4 Å². The zero-order valence-electron chi connectivity index (χ0n) is 15.2. The molecule has 0 spiro atoms. The minimum Gasteiger partial charge on any atom is -0.508 e. The number of phenolic OH excluding ortho intramolecular Hbond substituents is 1. The Bertz CT molecular complexity index is 1100. The highest BCUT2D eigenvalue weighted by Crippen LogP contribution is 2.31. The topological polar surface area (TPSA) is 122 Å². The van der Waals surface area contributed by atoms with Gasteiger partial charge in [0.2, 0.25) is 0 Å². The minimum absolute atomic E-state index is 0.000806. The Kier molecular flexibility index (Phi) is 5.81. The van der Waals surface area contributed by atoms with E-state index in [-0.39, 0.29) is 26.9 Å². The number of sulfone groups is 1. The van der Waals surface area contributed by atoms with Crippen LogP contribution < -0.4 is 10.6 Å². The molecule has 152 valence electrons. The van der Waals surface area contributed by atoms with E-state index in [4.69, 9.17) is 16.3 Å². The summed E-state index contributed by atoms with van der Waals surface area (Å²) in [5.74, 6) is -1.47. The second kappa shape index (κ2) is 8.14. The lowest BCUT2D eigenvalue weighted by atomic mass is 9.95. The van der Waals surface area contributed by atoms with E-state index in [2.05, 4.69) is 10.6 Å². The smallest absolute Gasteiger partial charge is 0.338 e. The van der Waals surface area contributed by atoms with Gasteiger partial charge in [0.1, 0.15) is 5.75 Å². The average molecular weight is 437 g/mol. The van der Waals surface area contributed by atoms with Crippen LogP contribution in [0.3, 0.4) is 0 Å². The summed E-state index contributed by atoms with van der Waals surface area (Å²) in [5, 5.41) is 14.5. The lowest BCUT2D eigenvalue weighted by molar-refractivity contribution is -0.136. The van der Waals surface area contributed by atoms with Crippen LogP contribution >= 0.6 is 11.6 Å². The first-order valence-corrected chi connectivity index (χ1v) is 10.4. The fraction of sp³-hybridized carbons (Fsp3) is 0.158. The van der Waals surface area contributed by atoms with Gasteiger partial charge in [0.05, 0.1) is 34.4 Å². The van der Waals surface area contributed by atoms with E-state index in [1.165, 1.54) is 42.5 Å². The van der Waals surface area contributed by atoms with Crippen LogP contribution in [-0.2, 0) is 19.4 Å². The number of hydrogen-bond acceptors (Lipinski definition) is 6. The van der Waals surface area contributed by atoms with Gasteiger partial charge in [-0.05, 0) is 29.8 Å². The van der Waals surface area contributed by atoms with Gasteiger partial charge in [0, 0.05) is 5.70 Å². The summed E-state index contributed by atoms with van der Waals surface area (Å²) in [6, 6.07) is 10.0. The number of nitrogens with one attached hydrogen (secondary N) is 2. The number of hydrogen-bond donors (Lipinski definition) is 3. The Morgan fingerprint density at radius 1 is 1.17 bits per heavy atom. The standard InChI is InChI=1S/C19H17ClN2O6S/c1-28-18(24)16-14(10-29(26,27)15-5-3-2-4-13(15)20)21-19(25)22-17(16)11-6-8-12(23)9-7-11/h2-9,17,23H,10H2,1H3,(H2,21,22,25)/t17-/m1/s1. The number of aromatic hydroxyl groups is 1. The Hall–Kier alpha value is -3.04. The molecule has 0 unspecified atom stereocenters. The minimum atomic E-state index is -3.98. The summed E-state index contributed by atoms with van der Waals surface area (Å²) in [7, 11) is -2.83. The van der Waals surface area contributed by atoms with Crippen molar-refractivity contribution in [3.05, 3.63) is 70.4 Å². The van der Waals surface area contributed by atoms with Crippen molar-refractivity contribution in [3.8, 4) is 5.75 Å². The first-order chi connectivity index (χ1) is 13.7. The Morgan fingerprint density at radius 2 is 1.83 bits per heavy atom. The molecule has 0 aromatic heterocycles. The van der Waals surface area contributed by atoms with Crippen molar-refractivity contribution in [3.63, 3.8) is 0 Å². The van der Waals surface area contributed by atoms with Gasteiger partial charge in [-0.3, -0.25) is 0 Å². The van der Waals surface area contributed by atoms with Gasteiger partial charge in [-0.1, -0.05) is 35.9 Å². The fourth-order valence-electron chi connectivity index (χ4n) is 2.96. The van der Waals surface area contributed by atoms with Crippen LogP contribution in [0.15, 0.2) is 64.7 Å². The lowest BCUT2D eigenvalue weighted by Gasteiger charge is -2.29. The van der Waals surface area contributed by atoms with Gasteiger partial charge in [0.25, 0.3) is 0 Å². The Labute approximate surface area is 172 Å². The third kappa shape index (κ3) is 4.36. The van der Waals surface area contributed by atoms with Crippen LogP contribution in [0, 0.1) is 0 Å². The molecule has 0 bridgehead atoms. The van der Waals surface area contributed by atoms with Crippen LogP contribution in [0.4, 0.5) is 4.79 Å². The molecule has 3 rings (SSSR count). The summed E-state index contributed by atoms with van der Waals surface area (Å²) < 4.78 is 30.6. The van der Waals surface area contributed by atoms with Gasteiger partial charge in [-0.25, -0.2) is 18.0 Å². The number of esters is 1. The van der Waals surface area contributed by atoms with E-state index in [0.29, 0.717) is 5.56 Å². The largest absolute Gasteiger partial charge is 0.508 e. The second-order valence-electron chi connectivity index (χ2n) is 6.20. The maximum atomic E-state index is 12.9. The van der Waals surface area contributed by atoms with Crippen molar-refractivity contribution in [2.45, 2.75) is 10.9 Å². The molecule has 3 N–H and O–H groups in total. The van der Waals surface area contributed by atoms with Crippen LogP contribution in [-0.4, -0.2) is 38.4 Å². The number of methoxy groups -OCH3 is 1. The highest BCUT2D eigenvalue weighted by molar-refractivity contribution is 7.91. The molecule has 0 aliphatic carbocycles. The third-order valence-corrected chi connectivity index (χ3v) is 6.43. The summed E-state index contributed by atoms with van der Waals surface area (Å²) in [4.78, 5) is 24.6. The molecular weight excluding hydrogens is 420 g/mol. The van der Waals surface area contributed by atoms with E-state index >= 15 is 0 Å². The van der Waals surface area contributed by atoms with Gasteiger partial charge in [-0.15, -0.1) is 0 Å². The summed E-state index contributed by atoms with van der Waals surface area (Å²) in [6.07, 6.45) is 0. The Balaban J connectivity index is 2.11. The van der Waals surface area contributed by atoms with Gasteiger partial charge in [-0.2, -0.15) is 0 Å². The van der Waals surface area contributed by atoms with Crippen molar-refractivity contribution < 1.29 is 27.9 Å². The number of carbonyl (C=O) groups is 2. The molecule has 10 heteroatoms. The molecule has 0 fully saturated rings. The van der Waals surface area contributed by atoms with E-state index in [9.17, 15) is 23.1 Å². The van der Waals surface area contributed by atoms with Crippen molar-refractivity contribution in [1.82, 2.24) is 10.6 Å².